The standard InChI is InChI=1S/C47H36Cl2N4O6S/c1-23-32-19-26(48)11-18-37(32)60-42(23)36-22-38(51(3)50-36)53-44(57)34-21-33-29(40(47(34,2)46(53)59)30-15-14-28(54)20-35(30)49)16-17-31-39(33)45(58)52(43(31)56)27-12-9-25(10-13-27)41(55)24-7-5-4-6-8-24/h4-16,18-20,22,31,33-34,39-40,54H,17,21H2,1-3H3. The minimum atomic E-state index is -1.35. The highest BCUT2D eigenvalue weighted by atomic mass is 35.5. The quantitative estimate of drug-likeness (QED) is 0.100. The summed E-state index contributed by atoms with van der Waals surface area (Å²) < 4.78 is 2.57. The third-order valence-electron chi connectivity index (χ3n) is 13.2. The molecule has 6 unspecified atom stereocenters. The summed E-state index contributed by atoms with van der Waals surface area (Å²) in [6.07, 6.45) is 2.34. The molecule has 4 heterocycles. The molecule has 300 valence electrons. The van der Waals surface area contributed by atoms with Gasteiger partial charge in [0.05, 0.1) is 33.7 Å². The maximum atomic E-state index is 15.2. The Morgan fingerprint density at radius 3 is 2.32 bits per heavy atom. The van der Waals surface area contributed by atoms with Crippen LogP contribution in [0.2, 0.25) is 10.0 Å². The first-order chi connectivity index (χ1) is 28.8. The number of carbonyl (C=O) groups excluding carboxylic acids is 5. The summed E-state index contributed by atoms with van der Waals surface area (Å²) in [4.78, 5) is 75.5. The van der Waals surface area contributed by atoms with Gasteiger partial charge in [0, 0.05) is 44.9 Å². The number of rotatable bonds is 6. The van der Waals surface area contributed by atoms with Crippen LogP contribution in [0.1, 0.15) is 52.7 Å². The van der Waals surface area contributed by atoms with Gasteiger partial charge in [0.25, 0.3) is 0 Å². The molecule has 13 heteroatoms. The number of amides is 4. The van der Waals surface area contributed by atoms with Crippen LogP contribution >= 0.6 is 34.5 Å². The molecular weight excluding hydrogens is 820 g/mol. The Morgan fingerprint density at radius 1 is 0.850 bits per heavy atom. The van der Waals surface area contributed by atoms with Crippen LogP contribution in [0.25, 0.3) is 20.7 Å². The van der Waals surface area contributed by atoms with Crippen LogP contribution in [-0.4, -0.2) is 44.3 Å². The second-order valence-electron chi connectivity index (χ2n) is 16.3. The van der Waals surface area contributed by atoms with Crippen molar-refractivity contribution in [3.8, 4) is 16.3 Å². The number of fused-ring (bicyclic) bond motifs is 5. The Labute approximate surface area is 358 Å². The number of benzene rings is 4. The Bertz CT molecular complexity index is 2900. The summed E-state index contributed by atoms with van der Waals surface area (Å²) in [6, 6.07) is 27.4. The predicted octanol–water partition coefficient (Wildman–Crippen LogP) is 9.29. The molecule has 3 fully saturated rings. The van der Waals surface area contributed by atoms with Gasteiger partial charge in [-0.05, 0) is 104 Å². The monoisotopic (exact) mass is 854 g/mol. The van der Waals surface area contributed by atoms with E-state index >= 15 is 4.79 Å². The Morgan fingerprint density at radius 2 is 1.58 bits per heavy atom. The van der Waals surface area contributed by atoms with E-state index in [1.165, 1.54) is 21.9 Å². The number of nitrogens with zero attached hydrogens (tertiary/aromatic N) is 4. The molecule has 6 aromatic rings. The van der Waals surface area contributed by atoms with Crippen LogP contribution in [0.3, 0.4) is 0 Å². The zero-order valence-electron chi connectivity index (χ0n) is 32.6. The summed E-state index contributed by atoms with van der Waals surface area (Å²) >= 11 is 14.8. The summed E-state index contributed by atoms with van der Waals surface area (Å²) in [5, 5.41) is 17.0. The van der Waals surface area contributed by atoms with Gasteiger partial charge in [-0.1, -0.05) is 71.2 Å². The van der Waals surface area contributed by atoms with Gasteiger partial charge >= 0.3 is 0 Å². The van der Waals surface area contributed by atoms with Crippen LogP contribution in [0.5, 0.6) is 5.75 Å². The van der Waals surface area contributed by atoms with Crippen LogP contribution in [0, 0.1) is 36.0 Å². The third kappa shape index (κ3) is 5.52. The van der Waals surface area contributed by atoms with Gasteiger partial charge in [-0.3, -0.25) is 33.6 Å². The van der Waals surface area contributed by atoms with Crippen molar-refractivity contribution in [3.05, 3.63) is 141 Å². The molecule has 1 N–H and O–H groups in total. The van der Waals surface area contributed by atoms with Gasteiger partial charge in [0.15, 0.2) is 5.78 Å². The summed E-state index contributed by atoms with van der Waals surface area (Å²) in [5.74, 6) is -5.28. The van der Waals surface area contributed by atoms with Crippen molar-refractivity contribution >= 4 is 85.5 Å². The van der Waals surface area contributed by atoms with Crippen molar-refractivity contribution in [2.75, 3.05) is 9.80 Å². The molecular formula is C47H36Cl2N4O6S. The van der Waals surface area contributed by atoms with E-state index in [1.807, 2.05) is 37.3 Å². The molecule has 10 rings (SSSR count). The van der Waals surface area contributed by atoms with Crippen LogP contribution < -0.4 is 9.80 Å². The number of carbonyl (C=O) groups is 5. The minimum Gasteiger partial charge on any atom is -0.508 e. The SMILES string of the molecule is Cc1c(-c2cc(N3C(=O)C4CC5C(=CCC6C(=O)N(c7ccc(C(=O)c8ccccc8)cc7)C(=O)C65)C(c5ccc(O)cc5Cl)C4(C)C3=O)n(C)n2)sc2ccc(Cl)cc12. The molecule has 1 saturated carbocycles. The maximum Gasteiger partial charge on any atom is 0.242 e. The van der Waals surface area contributed by atoms with Gasteiger partial charge < -0.3 is 5.11 Å². The highest BCUT2D eigenvalue weighted by Gasteiger charge is 2.68. The molecule has 2 saturated heterocycles. The molecule has 4 aromatic carbocycles. The molecule has 2 aromatic heterocycles. The Balaban J connectivity index is 1.03. The predicted molar refractivity (Wildman–Crippen MR) is 230 cm³/mol. The number of halogens is 2. The van der Waals surface area contributed by atoms with E-state index in [1.54, 1.807) is 90.7 Å². The lowest BCUT2D eigenvalue weighted by molar-refractivity contribution is -0.131. The first kappa shape index (κ1) is 38.3. The fraction of sp³-hybridized carbons (Fsp3) is 0.234. The van der Waals surface area contributed by atoms with E-state index in [2.05, 4.69) is 0 Å². The highest BCUT2D eigenvalue weighted by molar-refractivity contribution is 7.22. The van der Waals surface area contributed by atoms with Gasteiger partial charge in [-0.25, -0.2) is 4.90 Å². The number of ketones is 1. The first-order valence-corrected chi connectivity index (χ1v) is 21.2. The molecule has 0 radical (unpaired) electrons. The van der Waals surface area contributed by atoms with Crippen molar-refractivity contribution in [2.24, 2.45) is 36.1 Å². The molecule has 2 aliphatic carbocycles. The molecule has 0 bridgehead atoms. The van der Waals surface area contributed by atoms with Crippen molar-refractivity contribution in [2.45, 2.75) is 32.6 Å². The van der Waals surface area contributed by atoms with E-state index in [0.717, 1.165) is 26.1 Å². The minimum absolute atomic E-state index is 0.0594. The van der Waals surface area contributed by atoms with Gasteiger partial charge in [0.2, 0.25) is 23.6 Å². The first-order valence-electron chi connectivity index (χ1n) is 19.6. The molecule has 2 aliphatic heterocycles. The van der Waals surface area contributed by atoms with Crippen LogP contribution in [0.15, 0.2) is 109 Å². The number of anilines is 2. The average molecular weight is 856 g/mol. The summed E-state index contributed by atoms with van der Waals surface area (Å²) in [7, 11) is 1.70. The fourth-order valence-electron chi connectivity index (χ4n) is 10.3. The van der Waals surface area contributed by atoms with E-state index in [-0.39, 0.29) is 35.3 Å². The number of phenolic OH excluding ortho intramolecular Hbond substituents is 1. The largest absolute Gasteiger partial charge is 0.508 e. The topological polar surface area (TPSA) is 130 Å². The molecule has 4 amide bonds. The second kappa shape index (κ2) is 13.8. The zero-order chi connectivity index (χ0) is 41.9. The molecule has 0 spiro atoms. The highest BCUT2D eigenvalue weighted by Crippen LogP contribution is 2.64. The molecule has 6 atom stereocenters. The number of allylic oxidation sites excluding steroid dienone is 2. The van der Waals surface area contributed by atoms with Crippen LogP contribution in [-0.2, 0) is 26.2 Å². The fourth-order valence-corrected chi connectivity index (χ4v) is 11.9. The number of hydrogen-bond acceptors (Lipinski definition) is 8. The lowest BCUT2D eigenvalue weighted by Crippen LogP contribution is -2.49. The van der Waals surface area contributed by atoms with Crippen molar-refractivity contribution in [1.82, 2.24) is 9.78 Å². The number of thiophene rings is 1. The van der Waals surface area contributed by atoms with Crippen molar-refractivity contribution in [3.63, 3.8) is 0 Å². The lowest BCUT2D eigenvalue weighted by Gasteiger charge is -2.49. The zero-order valence-corrected chi connectivity index (χ0v) is 34.9. The number of imide groups is 2. The number of hydrogen-bond donors (Lipinski definition) is 1. The second-order valence-corrected chi connectivity index (χ2v) is 18.2. The summed E-state index contributed by atoms with van der Waals surface area (Å²) in [5.41, 5.74) is 2.84. The lowest BCUT2D eigenvalue weighted by atomic mass is 9.51. The van der Waals surface area contributed by atoms with Crippen LogP contribution in [0.4, 0.5) is 11.5 Å². The average Bonchev–Trinajstić information content (AvgIpc) is 3.91. The molecule has 60 heavy (non-hydrogen) atoms. The van der Waals surface area contributed by atoms with Gasteiger partial charge in [0.1, 0.15) is 17.3 Å². The smallest absolute Gasteiger partial charge is 0.242 e. The Kier molecular flexibility index (Phi) is 8.84. The normalized spacial score (nSPS) is 24.8. The molecule has 4 aliphatic rings. The van der Waals surface area contributed by atoms with Gasteiger partial charge in [-0.2, -0.15) is 5.10 Å². The van der Waals surface area contributed by atoms with Crippen molar-refractivity contribution < 1.29 is 29.1 Å². The third-order valence-corrected chi connectivity index (χ3v) is 15.1. The van der Waals surface area contributed by atoms with Gasteiger partial charge in [-0.15, -0.1) is 11.3 Å². The maximum absolute atomic E-state index is 15.2. The van der Waals surface area contributed by atoms with E-state index in [0.29, 0.717) is 38.9 Å². The number of phenols is 1. The van der Waals surface area contributed by atoms with E-state index in [4.69, 9.17) is 28.3 Å². The Hall–Kier alpha value is -5.88. The molecule has 10 nitrogen and oxygen atoms in total. The number of aryl methyl sites for hydroxylation is 2. The number of aromatic hydroxyl groups is 1. The van der Waals surface area contributed by atoms with E-state index < -0.39 is 52.7 Å². The number of aromatic nitrogens is 2. The summed E-state index contributed by atoms with van der Waals surface area (Å²) in [6.45, 7) is 3.78. The van der Waals surface area contributed by atoms with E-state index in [9.17, 15) is 24.3 Å². The van der Waals surface area contributed by atoms with Crippen molar-refractivity contribution in [1.29, 1.82) is 0 Å².